The normalized spacial score (nSPS) is 28.0. The number of fused-ring (bicyclic) bond motifs is 2. The number of hydrogen-bond donors (Lipinski definition) is 3. The van der Waals surface area contributed by atoms with Crippen LogP contribution in [-0.2, 0) is 6.54 Å². The number of urea groups is 1. The first-order valence-corrected chi connectivity index (χ1v) is 11.9. The summed E-state index contributed by atoms with van der Waals surface area (Å²) >= 11 is 0. The Morgan fingerprint density at radius 3 is 2.75 bits per heavy atom. The SMILES string of the molecule is CN1CC2CNC(c3ccc(Nc4ncc5c(n4)N(C4CCCC4)C(=O)NC5)cc3)C2C1. The van der Waals surface area contributed by atoms with Crippen LogP contribution in [0.1, 0.15) is 42.9 Å². The minimum absolute atomic E-state index is 0.0432. The summed E-state index contributed by atoms with van der Waals surface area (Å²) in [6.07, 6.45) is 6.24. The number of hydrogen-bond acceptors (Lipinski definition) is 6. The number of benzene rings is 1. The Kier molecular flexibility index (Phi) is 4.99. The van der Waals surface area contributed by atoms with E-state index < -0.39 is 0 Å². The number of nitrogens with one attached hydrogen (secondary N) is 3. The van der Waals surface area contributed by atoms with Crippen LogP contribution in [0.15, 0.2) is 30.5 Å². The third-order valence-electron chi connectivity index (χ3n) is 7.64. The quantitative estimate of drug-likeness (QED) is 0.687. The van der Waals surface area contributed by atoms with E-state index in [-0.39, 0.29) is 12.1 Å². The van der Waals surface area contributed by atoms with E-state index in [4.69, 9.17) is 4.98 Å². The zero-order valence-corrected chi connectivity index (χ0v) is 18.6. The van der Waals surface area contributed by atoms with E-state index in [9.17, 15) is 4.79 Å². The number of nitrogens with zero attached hydrogens (tertiary/aromatic N) is 4. The lowest BCUT2D eigenvalue weighted by molar-refractivity contribution is 0.241. The molecule has 3 fully saturated rings. The van der Waals surface area contributed by atoms with Gasteiger partial charge in [-0.15, -0.1) is 0 Å². The fourth-order valence-electron chi connectivity index (χ4n) is 6.06. The summed E-state index contributed by atoms with van der Waals surface area (Å²) in [6, 6.07) is 9.24. The van der Waals surface area contributed by atoms with Crippen LogP contribution >= 0.6 is 0 Å². The van der Waals surface area contributed by atoms with Crippen LogP contribution < -0.4 is 20.9 Å². The maximum Gasteiger partial charge on any atom is 0.323 e. The number of carbonyl (C=O) groups excluding carboxylic acids is 1. The minimum Gasteiger partial charge on any atom is -0.333 e. The van der Waals surface area contributed by atoms with Gasteiger partial charge in [-0.3, -0.25) is 4.90 Å². The number of rotatable bonds is 4. The van der Waals surface area contributed by atoms with Gasteiger partial charge in [0.25, 0.3) is 0 Å². The highest BCUT2D eigenvalue weighted by atomic mass is 16.2. The van der Waals surface area contributed by atoms with Gasteiger partial charge in [0.1, 0.15) is 5.82 Å². The lowest BCUT2D eigenvalue weighted by Gasteiger charge is -2.33. The van der Waals surface area contributed by atoms with Crippen molar-refractivity contribution in [3.63, 3.8) is 0 Å². The molecule has 0 bridgehead atoms. The van der Waals surface area contributed by atoms with Gasteiger partial charge >= 0.3 is 6.03 Å². The van der Waals surface area contributed by atoms with Crippen molar-refractivity contribution in [3.8, 4) is 0 Å². The fraction of sp³-hybridized carbons (Fsp3) is 0.542. The van der Waals surface area contributed by atoms with E-state index in [1.54, 1.807) is 0 Å². The second-order valence-electron chi connectivity index (χ2n) is 9.79. The summed E-state index contributed by atoms with van der Waals surface area (Å²) in [6.45, 7) is 3.95. The average Bonchev–Trinajstić information content (AvgIpc) is 3.52. The van der Waals surface area contributed by atoms with Gasteiger partial charge in [0.15, 0.2) is 0 Å². The Balaban J connectivity index is 1.20. The van der Waals surface area contributed by atoms with Gasteiger partial charge in [0, 0.05) is 55.7 Å². The fourth-order valence-corrected chi connectivity index (χ4v) is 6.06. The van der Waals surface area contributed by atoms with E-state index in [1.165, 1.54) is 24.9 Å². The van der Waals surface area contributed by atoms with Crippen LogP contribution in [0.5, 0.6) is 0 Å². The maximum atomic E-state index is 12.6. The number of anilines is 3. The maximum absolute atomic E-state index is 12.6. The first-order valence-electron chi connectivity index (χ1n) is 11.9. The molecule has 1 aromatic heterocycles. The number of amides is 2. The first kappa shape index (κ1) is 19.9. The summed E-state index contributed by atoms with van der Waals surface area (Å²) in [5.41, 5.74) is 3.27. The molecule has 2 aromatic rings. The van der Waals surface area contributed by atoms with Crippen LogP contribution in [-0.4, -0.2) is 53.6 Å². The lowest BCUT2D eigenvalue weighted by atomic mass is 9.90. The molecule has 1 saturated carbocycles. The van der Waals surface area contributed by atoms with Crippen molar-refractivity contribution in [2.45, 2.75) is 44.3 Å². The van der Waals surface area contributed by atoms with E-state index in [2.05, 4.69) is 57.1 Å². The minimum atomic E-state index is -0.0432. The molecule has 168 valence electrons. The highest BCUT2D eigenvalue weighted by molar-refractivity contribution is 5.94. The molecule has 6 rings (SSSR count). The van der Waals surface area contributed by atoms with Crippen molar-refractivity contribution in [2.75, 3.05) is 36.9 Å². The second kappa shape index (κ2) is 8.01. The summed E-state index contributed by atoms with van der Waals surface area (Å²) in [5.74, 6) is 2.73. The van der Waals surface area contributed by atoms with Crippen LogP contribution in [0, 0.1) is 11.8 Å². The Bertz CT molecular complexity index is 1000. The van der Waals surface area contributed by atoms with E-state index in [0.717, 1.165) is 48.9 Å². The molecule has 1 aromatic carbocycles. The topological polar surface area (TPSA) is 85.4 Å². The van der Waals surface area contributed by atoms with Crippen LogP contribution in [0.3, 0.4) is 0 Å². The van der Waals surface area contributed by atoms with Gasteiger partial charge in [0.05, 0.1) is 0 Å². The molecule has 1 aliphatic carbocycles. The lowest BCUT2D eigenvalue weighted by Crippen LogP contribution is -2.49. The number of aromatic nitrogens is 2. The highest BCUT2D eigenvalue weighted by Gasteiger charge is 2.41. The predicted octanol–water partition coefficient (Wildman–Crippen LogP) is 3.01. The largest absolute Gasteiger partial charge is 0.333 e. The van der Waals surface area contributed by atoms with Crippen molar-refractivity contribution in [1.29, 1.82) is 0 Å². The number of likely N-dealkylation sites (tertiary alicyclic amines) is 1. The Morgan fingerprint density at radius 2 is 1.94 bits per heavy atom. The molecule has 0 radical (unpaired) electrons. The molecule has 2 saturated heterocycles. The first-order chi connectivity index (χ1) is 15.7. The highest BCUT2D eigenvalue weighted by Crippen LogP contribution is 2.39. The Labute approximate surface area is 188 Å². The van der Waals surface area contributed by atoms with Crippen molar-refractivity contribution in [2.24, 2.45) is 11.8 Å². The Morgan fingerprint density at radius 1 is 1.12 bits per heavy atom. The monoisotopic (exact) mass is 433 g/mol. The zero-order chi connectivity index (χ0) is 21.7. The Hall–Kier alpha value is -2.71. The third-order valence-corrected chi connectivity index (χ3v) is 7.64. The summed E-state index contributed by atoms with van der Waals surface area (Å²) < 4.78 is 0. The van der Waals surface area contributed by atoms with Crippen molar-refractivity contribution in [1.82, 2.24) is 25.5 Å². The predicted molar refractivity (Wildman–Crippen MR) is 124 cm³/mol. The zero-order valence-electron chi connectivity index (χ0n) is 18.6. The second-order valence-corrected chi connectivity index (χ2v) is 9.79. The van der Waals surface area contributed by atoms with Gasteiger partial charge in [-0.1, -0.05) is 25.0 Å². The summed E-state index contributed by atoms with van der Waals surface area (Å²) in [4.78, 5) is 26.2. The molecular formula is C24H31N7O. The molecule has 8 nitrogen and oxygen atoms in total. The van der Waals surface area contributed by atoms with Crippen molar-refractivity contribution < 1.29 is 4.79 Å². The summed E-state index contributed by atoms with van der Waals surface area (Å²) in [7, 11) is 2.22. The van der Waals surface area contributed by atoms with Crippen LogP contribution in [0.2, 0.25) is 0 Å². The molecule has 3 unspecified atom stereocenters. The molecule has 2 amide bonds. The molecule has 3 atom stereocenters. The van der Waals surface area contributed by atoms with Crippen molar-refractivity contribution in [3.05, 3.63) is 41.6 Å². The molecule has 4 aliphatic rings. The molecule has 3 N–H and O–H groups in total. The van der Waals surface area contributed by atoms with E-state index >= 15 is 0 Å². The van der Waals surface area contributed by atoms with Gasteiger partial charge < -0.3 is 20.9 Å². The van der Waals surface area contributed by atoms with Crippen LogP contribution in [0.25, 0.3) is 0 Å². The molecule has 8 heteroatoms. The smallest absolute Gasteiger partial charge is 0.323 e. The van der Waals surface area contributed by atoms with E-state index in [0.29, 0.717) is 24.5 Å². The van der Waals surface area contributed by atoms with Crippen LogP contribution in [0.4, 0.5) is 22.2 Å². The average molecular weight is 434 g/mol. The molecule has 32 heavy (non-hydrogen) atoms. The molecule has 4 heterocycles. The third kappa shape index (κ3) is 3.51. The van der Waals surface area contributed by atoms with Gasteiger partial charge in [-0.05, 0) is 49.4 Å². The van der Waals surface area contributed by atoms with E-state index in [1.807, 2.05) is 11.1 Å². The van der Waals surface area contributed by atoms with Gasteiger partial charge in [0.2, 0.25) is 5.95 Å². The number of carbonyl (C=O) groups is 1. The molecule has 3 aliphatic heterocycles. The van der Waals surface area contributed by atoms with Gasteiger partial charge in [-0.2, -0.15) is 4.98 Å². The van der Waals surface area contributed by atoms with Crippen molar-refractivity contribution >= 4 is 23.5 Å². The standard InChI is InChI=1S/C24H31N7O/c1-30-13-17-12-25-21(20(17)14-30)15-6-8-18(9-7-15)28-23-26-10-16-11-27-24(32)31(22(16)29-23)19-4-2-3-5-19/h6-10,17,19-21,25H,2-5,11-14H2,1H3,(H,27,32)(H,26,28,29). The van der Waals surface area contributed by atoms with Gasteiger partial charge in [-0.25, -0.2) is 9.78 Å². The molecular weight excluding hydrogens is 402 g/mol. The summed E-state index contributed by atoms with van der Waals surface area (Å²) in [5, 5.41) is 10.0. The molecule has 0 spiro atoms.